The summed E-state index contributed by atoms with van der Waals surface area (Å²) in [6, 6.07) is 4.93. The minimum absolute atomic E-state index is 0.00619. The quantitative estimate of drug-likeness (QED) is 0.718. The molecule has 1 aromatic carbocycles. The summed E-state index contributed by atoms with van der Waals surface area (Å²) in [5, 5.41) is 0.955. The first-order chi connectivity index (χ1) is 9.52. The highest BCUT2D eigenvalue weighted by molar-refractivity contribution is 6.35. The van der Waals surface area contributed by atoms with Crippen LogP contribution in [-0.4, -0.2) is 18.5 Å². The minimum atomic E-state index is -0.468. The van der Waals surface area contributed by atoms with Crippen molar-refractivity contribution in [3.63, 3.8) is 0 Å². The van der Waals surface area contributed by atoms with Crippen molar-refractivity contribution in [3.05, 3.63) is 33.8 Å². The standard InChI is InChI=1S/C14H16Cl2O4/c1-2-7-19-13(17)5-6-14(18)20-9-10-3-4-11(15)8-12(10)16/h3-4,8H,2,5-7,9H2,1H3. The van der Waals surface area contributed by atoms with E-state index >= 15 is 0 Å². The highest BCUT2D eigenvalue weighted by Gasteiger charge is 2.10. The summed E-state index contributed by atoms with van der Waals surface area (Å²) in [5.74, 6) is -0.863. The van der Waals surface area contributed by atoms with Crippen molar-refractivity contribution in [2.24, 2.45) is 0 Å². The van der Waals surface area contributed by atoms with E-state index in [-0.39, 0.29) is 19.4 Å². The summed E-state index contributed by atoms with van der Waals surface area (Å²) in [7, 11) is 0. The van der Waals surface area contributed by atoms with Gasteiger partial charge in [0.25, 0.3) is 0 Å². The van der Waals surface area contributed by atoms with Crippen LogP contribution in [0.3, 0.4) is 0 Å². The van der Waals surface area contributed by atoms with Gasteiger partial charge in [-0.1, -0.05) is 36.2 Å². The predicted molar refractivity (Wildman–Crippen MR) is 76.7 cm³/mol. The van der Waals surface area contributed by atoms with Crippen LogP contribution in [0.5, 0.6) is 0 Å². The molecule has 0 unspecified atom stereocenters. The number of carbonyl (C=O) groups excluding carboxylic acids is 2. The molecule has 0 saturated carbocycles. The van der Waals surface area contributed by atoms with Gasteiger partial charge in [0.1, 0.15) is 6.61 Å². The molecule has 0 aliphatic heterocycles. The first-order valence-corrected chi connectivity index (χ1v) is 7.03. The molecule has 0 bridgehead atoms. The SMILES string of the molecule is CCCOC(=O)CCC(=O)OCc1ccc(Cl)cc1Cl. The van der Waals surface area contributed by atoms with Gasteiger partial charge in [-0.05, 0) is 18.6 Å². The Balaban J connectivity index is 2.31. The summed E-state index contributed by atoms with van der Waals surface area (Å²) < 4.78 is 9.88. The summed E-state index contributed by atoms with van der Waals surface area (Å²) >= 11 is 11.7. The molecule has 20 heavy (non-hydrogen) atoms. The topological polar surface area (TPSA) is 52.6 Å². The molecule has 0 radical (unpaired) electrons. The number of esters is 2. The largest absolute Gasteiger partial charge is 0.466 e. The van der Waals surface area contributed by atoms with Gasteiger partial charge in [0, 0.05) is 15.6 Å². The van der Waals surface area contributed by atoms with Crippen LogP contribution in [0.15, 0.2) is 18.2 Å². The fraction of sp³-hybridized carbons (Fsp3) is 0.429. The van der Waals surface area contributed by atoms with Crippen LogP contribution in [0, 0.1) is 0 Å². The molecule has 1 aromatic rings. The number of hydrogen-bond acceptors (Lipinski definition) is 4. The fourth-order valence-electron chi connectivity index (χ4n) is 1.36. The second kappa shape index (κ2) is 8.82. The lowest BCUT2D eigenvalue weighted by molar-refractivity contribution is -0.151. The van der Waals surface area contributed by atoms with Crippen LogP contribution in [-0.2, 0) is 25.7 Å². The molecule has 0 aliphatic carbocycles. The van der Waals surface area contributed by atoms with Crippen molar-refractivity contribution in [1.82, 2.24) is 0 Å². The van der Waals surface area contributed by atoms with E-state index in [1.165, 1.54) is 0 Å². The molecular weight excluding hydrogens is 303 g/mol. The molecule has 1 rings (SSSR count). The lowest BCUT2D eigenvalue weighted by atomic mass is 10.2. The van der Waals surface area contributed by atoms with Gasteiger partial charge in [0.2, 0.25) is 0 Å². The van der Waals surface area contributed by atoms with E-state index in [4.69, 9.17) is 32.7 Å². The molecule has 0 fully saturated rings. The van der Waals surface area contributed by atoms with Gasteiger partial charge < -0.3 is 9.47 Å². The number of ether oxygens (including phenoxy) is 2. The average molecular weight is 319 g/mol. The van der Waals surface area contributed by atoms with Gasteiger partial charge in [-0.25, -0.2) is 0 Å². The Morgan fingerprint density at radius 3 is 2.35 bits per heavy atom. The summed E-state index contributed by atoms with van der Waals surface area (Å²) in [5.41, 5.74) is 0.665. The Labute approximate surface area is 128 Å². The predicted octanol–water partition coefficient (Wildman–Crippen LogP) is 3.77. The second-order valence-corrected chi connectivity index (χ2v) is 4.96. The Morgan fingerprint density at radius 2 is 1.75 bits per heavy atom. The number of halogens is 2. The monoisotopic (exact) mass is 318 g/mol. The Hall–Kier alpha value is -1.26. The van der Waals surface area contributed by atoms with E-state index < -0.39 is 11.9 Å². The third-order valence-electron chi connectivity index (χ3n) is 2.40. The third-order valence-corrected chi connectivity index (χ3v) is 2.99. The van der Waals surface area contributed by atoms with E-state index in [9.17, 15) is 9.59 Å². The first-order valence-electron chi connectivity index (χ1n) is 6.28. The van der Waals surface area contributed by atoms with Gasteiger partial charge in [-0.3, -0.25) is 9.59 Å². The van der Waals surface area contributed by atoms with Crippen LogP contribution in [0.25, 0.3) is 0 Å². The number of hydrogen-bond donors (Lipinski definition) is 0. The van der Waals surface area contributed by atoms with Crippen molar-refractivity contribution >= 4 is 35.1 Å². The molecule has 0 saturated heterocycles. The third kappa shape index (κ3) is 6.26. The highest BCUT2D eigenvalue weighted by atomic mass is 35.5. The van der Waals surface area contributed by atoms with Gasteiger partial charge in [-0.2, -0.15) is 0 Å². The minimum Gasteiger partial charge on any atom is -0.466 e. The Kier molecular flexibility index (Phi) is 7.41. The molecule has 0 amide bonds. The maximum absolute atomic E-state index is 11.5. The van der Waals surface area contributed by atoms with Gasteiger partial charge >= 0.3 is 11.9 Å². The Morgan fingerprint density at radius 1 is 1.10 bits per heavy atom. The van der Waals surface area contributed by atoms with E-state index in [1.54, 1.807) is 18.2 Å². The maximum Gasteiger partial charge on any atom is 0.306 e. The van der Waals surface area contributed by atoms with E-state index in [2.05, 4.69) is 0 Å². The lowest BCUT2D eigenvalue weighted by Gasteiger charge is -2.07. The Bertz CT molecular complexity index is 474. The smallest absolute Gasteiger partial charge is 0.306 e. The zero-order valence-corrected chi connectivity index (χ0v) is 12.7. The number of carbonyl (C=O) groups is 2. The molecular formula is C14H16Cl2O4. The number of rotatable bonds is 7. The summed E-state index contributed by atoms with van der Waals surface area (Å²) in [6.07, 6.45) is 0.770. The van der Waals surface area contributed by atoms with E-state index in [0.717, 1.165) is 6.42 Å². The zero-order chi connectivity index (χ0) is 15.0. The van der Waals surface area contributed by atoms with Crippen molar-refractivity contribution in [3.8, 4) is 0 Å². The lowest BCUT2D eigenvalue weighted by Crippen LogP contribution is -2.10. The van der Waals surface area contributed by atoms with Crippen molar-refractivity contribution in [2.75, 3.05) is 6.61 Å². The van der Waals surface area contributed by atoms with Crippen LogP contribution in [0.2, 0.25) is 10.0 Å². The van der Waals surface area contributed by atoms with Crippen LogP contribution >= 0.6 is 23.2 Å². The molecule has 0 atom stereocenters. The zero-order valence-electron chi connectivity index (χ0n) is 11.2. The second-order valence-electron chi connectivity index (χ2n) is 4.12. The molecule has 0 aromatic heterocycles. The van der Waals surface area contributed by atoms with Crippen LogP contribution < -0.4 is 0 Å². The summed E-state index contributed by atoms with van der Waals surface area (Å²) in [4.78, 5) is 22.7. The first kappa shape index (κ1) is 16.8. The van der Waals surface area contributed by atoms with Crippen molar-refractivity contribution in [1.29, 1.82) is 0 Å². The van der Waals surface area contributed by atoms with Crippen molar-refractivity contribution < 1.29 is 19.1 Å². The van der Waals surface area contributed by atoms with E-state index in [0.29, 0.717) is 22.2 Å². The fourth-order valence-corrected chi connectivity index (χ4v) is 1.82. The van der Waals surface area contributed by atoms with Crippen molar-refractivity contribution in [2.45, 2.75) is 32.8 Å². The molecule has 110 valence electrons. The molecule has 6 heteroatoms. The maximum atomic E-state index is 11.5. The van der Waals surface area contributed by atoms with Gasteiger partial charge in [0.15, 0.2) is 0 Å². The molecule has 0 N–H and O–H groups in total. The van der Waals surface area contributed by atoms with Gasteiger partial charge in [-0.15, -0.1) is 0 Å². The van der Waals surface area contributed by atoms with Crippen LogP contribution in [0.1, 0.15) is 31.7 Å². The summed E-state index contributed by atoms with van der Waals surface area (Å²) in [6.45, 7) is 2.32. The molecule has 0 spiro atoms. The average Bonchev–Trinajstić information content (AvgIpc) is 2.41. The number of benzene rings is 1. The molecule has 4 nitrogen and oxygen atoms in total. The van der Waals surface area contributed by atoms with Gasteiger partial charge in [0.05, 0.1) is 19.4 Å². The van der Waals surface area contributed by atoms with E-state index in [1.807, 2.05) is 6.92 Å². The normalized spacial score (nSPS) is 10.2. The molecule has 0 heterocycles. The molecule has 0 aliphatic rings. The highest BCUT2D eigenvalue weighted by Crippen LogP contribution is 2.21. The van der Waals surface area contributed by atoms with Crippen LogP contribution in [0.4, 0.5) is 0 Å².